The number of rotatable bonds is 20. The second-order valence-corrected chi connectivity index (χ2v) is 28.9. The lowest BCUT2D eigenvalue weighted by molar-refractivity contribution is -0.144. The molecular formula is C79H129N7O9. The summed E-state index contributed by atoms with van der Waals surface area (Å²) in [5.74, 6) is -0.692. The molecule has 0 radical (unpaired) electrons. The molecule has 0 atom stereocenters. The van der Waals surface area contributed by atoms with Crippen molar-refractivity contribution in [1.29, 1.82) is 0 Å². The van der Waals surface area contributed by atoms with E-state index in [4.69, 9.17) is 14.6 Å². The number of aliphatic carboxylic acids is 1. The second-order valence-electron chi connectivity index (χ2n) is 28.9. The molecule has 0 aromatic heterocycles. The Balaban J connectivity index is 0.000000184. The lowest BCUT2D eigenvalue weighted by Crippen LogP contribution is -2.50. The highest BCUT2D eigenvalue weighted by Gasteiger charge is 2.34. The van der Waals surface area contributed by atoms with E-state index in [-0.39, 0.29) is 55.2 Å². The molecule has 534 valence electrons. The smallest absolute Gasteiger partial charge is 0.307 e. The van der Waals surface area contributed by atoms with Crippen LogP contribution in [-0.4, -0.2) is 198 Å². The number of esters is 2. The number of carbonyl (C=O) groups excluding carboxylic acids is 5. The van der Waals surface area contributed by atoms with Crippen LogP contribution in [0.15, 0.2) is 60.7 Å². The number of Topliss-reactive ketones (excluding diaryl/α,β-unsaturated/α-hetero) is 1. The highest BCUT2D eigenvalue weighted by Crippen LogP contribution is 2.31. The molecule has 4 saturated carbocycles. The van der Waals surface area contributed by atoms with Crippen LogP contribution in [0.2, 0.25) is 0 Å². The van der Waals surface area contributed by atoms with Gasteiger partial charge in [0, 0.05) is 125 Å². The Hall–Kier alpha value is -4.74. The number of ether oxygens (including phenoxy) is 2. The van der Waals surface area contributed by atoms with Gasteiger partial charge >= 0.3 is 17.9 Å². The van der Waals surface area contributed by atoms with Gasteiger partial charge in [-0.1, -0.05) is 165 Å². The number of benzene rings is 2. The number of hydrogen-bond donors (Lipinski definition) is 2. The number of carboxylic acids is 1. The summed E-state index contributed by atoms with van der Waals surface area (Å²) in [4.78, 5) is 86.2. The average molecular weight is 1320 g/mol. The van der Waals surface area contributed by atoms with Crippen molar-refractivity contribution in [3.8, 4) is 0 Å². The Morgan fingerprint density at radius 1 is 0.411 bits per heavy atom. The average Bonchev–Trinajstić information content (AvgIpc) is 0.890. The molecule has 2 aromatic rings. The number of likely N-dealkylation sites (tertiary alicyclic amines) is 4. The van der Waals surface area contributed by atoms with Gasteiger partial charge in [-0.15, -0.1) is 0 Å². The van der Waals surface area contributed by atoms with Crippen molar-refractivity contribution < 1.29 is 43.3 Å². The third-order valence-electron chi connectivity index (χ3n) is 22.2. The number of carbonyl (C=O) groups is 6. The van der Waals surface area contributed by atoms with Crippen molar-refractivity contribution in [1.82, 2.24) is 34.7 Å². The quantitative estimate of drug-likeness (QED) is 0.120. The van der Waals surface area contributed by atoms with E-state index in [0.717, 1.165) is 96.4 Å². The molecule has 0 unspecified atom stereocenters. The van der Waals surface area contributed by atoms with Crippen LogP contribution >= 0.6 is 0 Å². The zero-order valence-electron chi connectivity index (χ0n) is 59.5. The van der Waals surface area contributed by atoms with Gasteiger partial charge in [0.05, 0.1) is 32.5 Å². The Morgan fingerprint density at radius 3 is 1.05 bits per heavy atom. The predicted molar refractivity (Wildman–Crippen MR) is 382 cm³/mol. The first kappa shape index (κ1) is 77.6. The predicted octanol–water partition coefficient (Wildman–Crippen LogP) is 14.7. The van der Waals surface area contributed by atoms with E-state index in [1.54, 1.807) is 0 Å². The minimum Gasteiger partial charge on any atom is -0.481 e. The van der Waals surface area contributed by atoms with Gasteiger partial charge in [0.2, 0.25) is 0 Å². The Morgan fingerprint density at radius 2 is 0.716 bits per heavy atom. The lowest BCUT2D eigenvalue weighted by Gasteiger charge is -2.42. The molecule has 2 amide bonds. The van der Waals surface area contributed by atoms with Gasteiger partial charge in [-0.25, -0.2) is 0 Å². The molecule has 4 heterocycles. The van der Waals surface area contributed by atoms with Crippen molar-refractivity contribution in [3.05, 3.63) is 71.8 Å². The van der Waals surface area contributed by atoms with Crippen LogP contribution in [0.25, 0.3) is 0 Å². The molecule has 16 nitrogen and oxygen atoms in total. The Labute approximate surface area is 574 Å². The van der Waals surface area contributed by atoms with Gasteiger partial charge in [0.25, 0.3) is 11.8 Å². The maximum absolute atomic E-state index is 13.2. The lowest BCUT2D eigenvalue weighted by atomic mass is 9.93. The van der Waals surface area contributed by atoms with E-state index in [9.17, 15) is 28.8 Å². The van der Waals surface area contributed by atoms with Gasteiger partial charge in [0.1, 0.15) is 5.78 Å². The maximum Gasteiger partial charge on any atom is 0.307 e. The molecule has 16 heteroatoms. The van der Waals surface area contributed by atoms with E-state index in [0.29, 0.717) is 61.2 Å². The SMILES string of the molecule is CCOC(=O)CCN(C(=O)c1ccccc1)C1CCN(C2CCCCCCC2)CC1.CCOC(=O)CCNC1CCN(C2CCCCCCC2)CC1.O=C(O)CCN(C(=O)c1ccccc1)C1CCN(C2CCCCCCC2)CC1.O=C1CCN(C2CCCCCCC2)CC1. The fourth-order valence-corrected chi connectivity index (χ4v) is 16.6. The third kappa shape index (κ3) is 28.9. The molecule has 4 aliphatic heterocycles. The first-order valence-corrected chi connectivity index (χ1v) is 39.0. The molecule has 0 spiro atoms. The Bertz CT molecular complexity index is 2410. The van der Waals surface area contributed by atoms with Crippen molar-refractivity contribution >= 4 is 35.5 Å². The summed E-state index contributed by atoms with van der Waals surface area (Å²) < 4.78 is 10.1. The molecular weight excluding hydrogens is 1190 g/mol. The van der Waals surface area contributed by atoms with Crippen molar-refractivity contribution in [3.63, 3.8) is 0 Å². The van der Waals surface area contributed by atoms with E-state index in [2.05, 4.69) is 24.9 Å². The summed E-state index contributed by atoms with van der Waals surface area (Å²) in [5, 5.41) is 12.7. The molecule has 95 heavy (non-hydrogen) atoms. The van der Waals surface area contributed by atoms with E-state index in [1.807, 2.05) is 84.3 Å². The molecule has 0 bridgehead atoms. The van der Waals surface area contributed by atoms with Crippen molar-refractivity contribution in [2.75, 3.05) is 85.2 Å². The first-order chi connectivity index (χ1) is 46.5. The second kappa shape index (κ2) is 45.8. The normalized spacial score (nSPS) is 21.8. The summed E-state index contributed by atoms with van der Waals surface area (Å²) >= 11 is 0. The van der Waals surface area contributed by atoms with E-state index in [1.165, 1.54) is 206 Å². The van der Waals surface area contributed by atoms with Gasteiger partial charge in [-0.3, -0.25) is 33.7 Å². The topological polar surface area (TPSA) is 173 Å². The number of amides is 2. The van der Waals surface area contributed by atoms with Crippen LogP contribution in [0.3, 0.4) is 0 Å². The highest BCUT2D eigenvalue weighted by atomic mass is 16.5. The van der Waals surface area contributed by atoms with Crippen LogP contribution in [-0.2, 0) is 28.7 Å². The van der Waals surface area contributed by atoms with Gasteiger partial charge < -0.3 is 44.4 Å². The van der Waals surface area contributed by atoms with Gasteiger partial charge in [-0.2, -0.15) is 0 Å². The largest absolute Gasteiger partial charge is 0.481 e. The monoisotopic (exact) mass is 1320 g/mol. The molecule has 4 saturated heterocycles. The fourth-order valence-electron chi connectivity index (χ4n) is 16.6. The molecule has 8 aliphatic rings. The van der Waals surface area contributed by atoms with Crippen molar-refractivity contribution in [2.24, 2.45) is 0 Å². The van der Waals surface area contributed by atoms with Crippen LogP contribution in [0.5, 0.6) is 0 Å². The van der Waals surface area contributed by atoms with Crippen LogP contribution < -0.4 is 5.32 Å². The summed E-state index contributed by atoms with van der Waals surface area (Å²) in [5.41, 5.74) is 1.35. The molecule has 8 fully saturated rings. The minimum absolute atomic E-state index is 0.00140. The van der Waals surface area contributed by atoms with Crippen molar-refractivity contribution in [2.45, 2.75) is 307 Å². The number of ketones is 1. The highest BCUT2D eigenvalue weighted by molar-refractivity contribution is 5.95. The molecule has 10 rings (SSSR count). The minimum atomic E-state index is -0.849. The van der Waals surface area contributed by atoms with E-state index >= 15 is 0 Å². The van der Waals surface area contributed by atoms with E-state index < -0.39 is 5.97 Å². The molecule has 2 N–H and O–H groups in total. The van der Waals surface area contributed by atoms with Gasteiger partial charge in [-0.05, 0) is 141 Å². The number of nitrogens with one attached hydrogen (secondary N) is 1. The standard InChI is InChI=1S/C25H38N2O3.C23H34N2O3.C18H34N2O2.C13H23NO/c1-2-30-24(28)17-20-27(25(29)21-11-7-6-8-12-21)23-15-18-26(19-16-23)22-13-9-4-3-5-10-14-22;26-22(27)15-18-25(23(28)19-9-5-4-6-10-19)21-13-16-24(17-14-21)20-11-7-2-1-3-8-12-20;1-2-22-18(21)10-13-19-16-11-14-20(15-12-16)17-8-6-4-3-5-7-9-17;15-13-8-10-14(11-9-13)12-6-4-2-1-3-5-7-12/h6-8,11-12,22-23H,2-5,9-10,13-20H2,1H3;4-6,9-10,20-21H,1-3,7-8,11-18H2,(H,26,27);16-17,19H,2-15H2,1H3;12H,1-11H2. The maximum atomic E-state index is 13.2. The zero-order valence-corrected chi connectivity index (χ0v) is 59.5. The Kier molecular flexibility index (Phi) is 37.4. The number of nitrogens with zero attached hydrogens (tertiary/aromatic N) is 6. The van der Waals surface area contributed by atoms with Crippen LogP contribution in [0.1, 0.15) is 285 Å². The fraction of sp³-hybridized carbons (Fsp3) is 0.772. The first-order valence-electron chi connectivity index (χ1n) is 39.0. The number of carboxylic acid groups (broad SMARTS) is 1. The van der Waals surface area contributed by atoms with Crippen LogP contribution in [0, 0.1) is 0 Å². The molecule has 4 aliphatic carbocycles. The summed E-state index contributed by atoms with van der Waals surface area (Å²) in [6.45, 7) is 14.7. The van der Waals surface area contributed by atoms with Gasteiger partial charge in [0.15, 0.2) is 0 Å². The third-order valence-corrected chi connectivity index (χ3v) is 22.2. The van der Waals surface area contributed by atoms with Crippen LogP contribution in [0.4, 0.5) is 0 Å². The summed E-state index contributed by atoms with van der Waals surface area (Å²) in [6.07, 6.45) is 47.3. The summed E-state index contributed by atoms with van der Waals surface area (Å²) in [7, 11) is 0. The summed E-state index contributed by atoms with van der Waals surface area (Å²) in [6, 6.07) is 22.6. The zero-order chi connectivity index (χ0) is 67.1. The number of piperidine rings is 4. The number of hydrogen-bond acceptors (Lipinski definition) is 13. The molecule has 2 aromatic carbocycles.